The molecule has 20 heavy (non-hydrogen) atoms. The minimum absolute atomic E-state index is 0.199. The molecule has 1 aliphatic carbocycles. The van der Waals surface area contributed by atoms with Crippen LogP contribution in [0.5, 0.6) is 0 Å². The number of hydrogen-bond donors (Lipinski definition) is 1. The Bertz CT molecular complexity index is 444. The molecule has 3 nitrogen and oxygen atoms in total. The first-order chi connectivity index (χ1) is 9.56. The van der Waals surface area contributed by atoms with E-state index in [1.807, 2.05) is 44.4 Å². The molecule has 1 N–H and O–H groups in total. The molecule has 1 fully saturated rings. The second-order valence-electron chi connectivity index (χ2n) is 5.96. The zero-order valence-corrected chi connectivity index (χ0v) is 12.5. The zero-order chi connectivity index (χ0) is 14.6. The Morgan fingerprint density at radius 3 is 2.40 bits per heavy atom. The summed E-state index contributed by atoms with van der Waals surface area (Å²) in [6.45, 7) is 0. The maximum Gasteiger partial charge on any atom is 0.153 e. The lowest BCUT2D eigenvalue weighted by molar-refractivity contribution is -0.161. The van der Waals surface area contributed by atoms with E-state index in [0.29, 0.717) is 6.42 Å². The van der Waals surface area contributed by atoms with Crippen molar-refractivity contribution in [3.05, 3.63) is 35.9 Å². The molecule has 3 heteroatoms. The smallest absolute Gasteiger partial charge is 0.153 e. The summed E-state index contributed by atoms with van der Waals surface area (Å²) in [7, 11) is 3.69. The fourth-order valence-electron chi connectivity index (χ4n) is 3.22. The third kappa shape index (κ3) is 2.94. The third-order valence-electron chi connectivity index (χ3n) is 4.42. The fourth-order valence-corrected chi connectivity index (χ4v) is 3.22. The van der Waals surface area contributed by atoms with Gasteiger partial charge in [-0.15, -0.1) is 0 Å². The van der Waals surface area contributed by atoms with Gasteiger partial charge in [0.2, 0.25) is 0 Å². The summed E-state index contributed by atoms with van der Waals surface area (Å²) in [6, 6.07) is 9.58. The van der Waals surface area contributed by atoms with Crippen molar-refractivity contribution >= 4 is 5.78 Å². The Morgan fingerprint density at radius 1 is 1.10 bits per heavy atom. The monoisotopic (exact) mass is 275 g/mol. The first kappa shape index (κ1) is 15.2. The number of rotatable bonds is 3. The van der Waals surface area contributed by atoms with Crippen molar-refractivity contribution in [3.8, 4) is 0 Å². The van der Waals surface area contributed by atoms with Gasteiger partial charge in [-0.2, -0.15) is 0 Å². The lowest BCUT2D eigenvalue weighted by Gasteiger charge is -2.41. The number of Topliss-reactive ketones (excluding diaryl/α,β-unsaturated/α-hetero) is 1. The van der Waals surface area contributed by atoms with Crippen LogP contribution in [-0.2, 0) is 10.5 Å². The van der Waals surface area contributed by atoms with Crippen molar-refractivity contribution in [2.75, 3.05) is 14.1 Å². The summed E-state index contributed by atoms with van der Waals surface area (Å²) in [6.07, 6.45) is 5.61. The number of nitrogens with zero attached hydrogens (tertiary/aromatic N) is 1. The van der Waals surface area contributed by atoms with Gasteiger partial charge in [0.25, 0.3) is 0 Å². The molecule has 0 spiro atoms. The summed E-state index contributed by atoms with van der Waals surface area (Å²) in [5.74, 6) is -0.134. The number of ketones is 1. The number of hydrogen-bond acceptors (Lipinski definition) is 3. The van der Waals surface area contributed by atoms with E-state index in [-0.39, 0.29) is 11.7 Å². The molecule has 2 atom stereocenters. The van der Waals surface area contributed by atoms with Crippen LogP contribution in [0.15, 0.2) is 30.3 Å². The number of benzene rings is 1. The van der Waals surface area contributed by atoms with Gasteiger partial charge in [-0.05, 0) is 32.5 Å². The van der Waals surface area contributed by atoms with E-state index in [1.165, 1.54) is 0 Å². The molecule has 0 bridgehead atoms. The topological polar surface area (TPSA) is 40.5 Å². The van der Waals surface area contributed by atoms with Gasteiger partial charge in [-0.3, -0.25) is 9.69 Å². The van der Waals surface area contributed by atoms with Gasteiger partial charge in [0, 0.05) is 6.42 Å². The number of aliphatic hydroxyl groups is 1. The quantitative estimate of drug-likeness (QED) is 0.862. The average molecular weight is 275 g/mol. The van der Waals surface area contributed by atoms with Crippen LogP contribution in [-0.4, -0.2) is 29.9 Å². The van der Waals surface area contributed by atoms with Gasteiger partial charge < -0.3 is 5.11 Å². The van der Waals surface area contributed by atoms with Crippen LogP contribution in [0.2, 0.25) is 0 Å². The first-order valence-electron chi connectivity index (χ1n) is 7.55. The molecule has 1 saturated carbocycles. The largest absolute Gasteiger partial charge is 0.371 e. The molecule has 2 unspecified atom stereocenters. The molecular formula is C17H25NO2. The van der Waals surface area contributed by atoms with E-state index in [1.54, 1.807) is 4.90 Å². The molecular weight excluding hydrogens is 250 g/mol. The summed E-state index contributed by atoms with van der Waals surface area (Å²) < 4.78 is 0. The standard InChI is InChI=1S/C17H25NO2/c1-18(2)17(20,14-10-6-5-7-11-14)15-12-8-3-4-9-13-16(15)19/h5-7,10-11,15,20H,3-4,8-9,12-13H2,1-2H3. The van der Waals surface area contributed by atoms with E-state index < -0.39 is 5.72 Å². The normalized spacial score (nSPS) is 24.0. The lowest BCUT2D eigenvalue weighted by Crippen LogP contribution is -2.50. The van der Waals surface area contributed by atoms with Crippen LogP contribution in [0.4, 0.5) is 0 Å². The molecule has 1 aliphatic rings. The second kappa shape index (κ2) is 6.51. The van der Waals surface area contributed by atoms with E-state index in [2.05, 4.69) is 0 Å². The molecule has 0 saturated heterocycles. The van der Waals surface area contributed by atoms with Gasteiger partial charge >= 0.3 is 0 Å². The van der Waals surface area contributed by atoms with Crippen LogP contribution in [0.25, 0.3) is 0 Å². The molecule has 1 aromatic carbocycles. The van der Waals surface area contributed by atoms with E-state index in [0.717, 1.165) is 37.7 Å². The second-order valence-corrected chi connectivity index (χ2v) is 5.96. The molecule has 0 aliphatic heterocycles. The van der Waals surface area contributed by atoms with Crippen molar-refractivity contribution in [2.24, 2.45) is 5.92 Å². The highest BCUT2D eigenvalue weighted by Crippen LogP contribution is 2.37. The van der Waals surface area contributed by atoms with Crippen molar-refractivity contribution in [3.63, 3.8) is 0 Å². The Labute approximate surface area is 121 Å². The minimum Gasteiger partial charge on any atom is -0.371 e. The highest BCUT2D eigenvalue weighted by Gasteiger charge is 2.44. The Hall–Kier alpha value is -1.19. The molecule has 0 amide bonds. The molecule has 0 radical (unpaired) electrons. The predicted octanol–water partition coefficient (Wildman–Crippen LogP) is 2.93. The van der Waals surface area contributed by atoms with E-state index in [9.17, 15) is 9.90 Å². The summed E-state index contributed by atoms with van der Waals surface area (Å²) in [4.78, 5) is 14.3. The molecule has 0 heterocycles. The number of carbonyl (C=O) groups excluding carboxylic acids is 1. The van der Waals surface area contributed by atoms with Crippen LogP contribution < -0.4 is 0 Å². The van der Waals surface area contributed by atoms with Crippen molar-refractivity contribution in [1.82, 2.24) is 4.90 Å². The molecule has 2 rings (SSSR count). The van der Waals surface area contributed by atoms with Crippen molar-refractivity contribution in [2.45, 2.75) is 44.2 Å². The van der Waals surface area contributed by atoms with Crippen LogP contribution in [0.3, 0.4) is 0 Å². The summed E-state index contributed by atoms with van der Waals surface area (Å²) in [5, 5.41) is 11.3. The van der Waals surface area contributed by atoms with Crippen LogP contribution in [0, 0.1) is 5.92 Å². The first-order valence-corrected chi connectivity index (χ1v) is 7.55. The molecule has 1 aromatic rings. The van der Waals surface area contributed by atoms with E-state index in [4.69, 9.17) is 0 Å². The summed E-state index contributed by atoms with van der Waals surface area (Å²) in [5.41, 5.74) is -0.390. The highest BCUT2D eigenvalue weighted by atomic mass is 16.3. The van der Waals surface area contributed by atoms with Crippen molar-refractivity contribution in [1.29, 1.82) is 0 Å². The van der Waals surface area contributed by atoms with Crippen LogP contribution >= 0.6 is 0 Å². The highest BCUT2D eigenvalue weighted by molar-refractivity contribution is 5.82. The predicted molar refractivity (Wildman–Crippen MR) is 80.2 cm³/mol. The average Bonchev–Trinajstić information content (AvgIpc) is 2.43. The van der Waals surface area contributed by atoms with Gasteiger partial charge in [0.15, 0.2) is 5.72 Å². The maximum absolute atomic E-state index is 12.5. The Morgan fingerprint density at radius 2 is 1.75 bits per heavy atom. The summed E-state index contributed by atoms with van der Waals surface area (Å²) >= 11 is 0. The van der Waals surface area contributed by atoms with Gasteiger partial charge in [-0.1, -0.05) is 49.6 Å². The molecule has 0 aromatic heterocycles. The van der Waals surface area contributed by atoms with Crippen molar-refractivity contribution < 1.29 is 9.90 Å². The number of carbonyl (C=O) groups is 1. The SMILES string of the molecule is CN(C)C(O)(c1ccccc1)C1CCCCCCC1=O. The van der Waals surface area contributed by atoms with Crippen LogP contribution in [0.1, 0.15) is 44.1 Å². The third-order valence-corrected chi connectivity index (χ3v) is 4.42. The van der Waals surface area contributed by atoms with Gasteiger partial charge in [-0.25, -0.2) is 0 Å². The minimum atomic E-state index is -1.20. The maximum atomic E-state index is 12.5. The molecule has 110 valence electrons. The zero-order valence-electron chi connectivity index (χ0n) is 12.5. The van der Waals surface area contributed by atoms with Gasteiger partial charge in [0.05, 0.1) is 5.92 Å². The Balaban J connectivity index is 2.37. The van der Waals surface area contributed by atoms with E-state index >= 15 is 0 Å². The van der Waals surface area contributed by atoms with Gasteiger partial charge in [0.1, 0.15) is 5.78 Å². The lowest BCUT2D eigenvalue weighted by atomic mass is 9.78. The Kier molecular flexibility index (Phi) is 4.95. The fraction of sp³-hybridized carbons (Fsp3) is 0.588.